The monoisotopic (exact) mass is 474 g/mol. The van der Waals surface area contributed by atoms with E-state index < -0.39 is 0 Å². The van der Waals surface area contributed by atoms with Crippen LogP contribution in [0, 0.1) is 6.92 Å². The molecule has 4 aromatic rings. The Kier molecular flexibility index (Phi) is 5.86. The fraction of sp³-hybridized carbons (Fsp3) is 0.200. The number of amides is 1. The molecular weight excluding hydrogens is 452 g/mol. The first-order valence-corrected chi connectivity index (χ1v) is 12.4. The van der Waals surface area contributed by atoms with E-state index in [1.54, 1.807) is 30.2 Å². The fourth-order valence-corrected chi connectivity index (χ4v) is 6.11. The Morgan fingerprint density at radius 3 is 2.82 bits per heavy atom. The predicted octanol–water partition coefficient (Wildman–Crippen LogP) is 4.88. The van der Waals surface area contributed by atoms with Gasteiger partial charge in [-0.3, -0.25) is 14.6 Å². The number of carbonyl (C=O) groups excluding carboxylic acids is 1. The zero-order chi connectivity index (χ0) is 22.9. The smallest absolute Gasteiger partial charge is 0.257 e. The van der Waals surface area contributed by atoms with Gasteiger partial charge in [-0.25, -0.2) is 4.98 Å². The van der Waals surface area contributed by atoms with E-state index >= 15 is 0 Å². The van der Waals surface area contributed by atoms with Gasteiger partial charge in [-0.05, 0) is 37.6 Å². The van der Waals surface area contributed by atoms with Gasteiger partial charge in [0.25, 0.3) is 5.91 Å². The molecule has 6 nitrogen and oxygen atoms in total. The maximum Gasteiger partial charge on any atom is 0.257 e. The number of benzene rings is 1. The van der Waals surface area contributed by atoms with Crippen LogP contribution < -0.4 is 10.7 Å². The average Bonchev–Trinajstić information content (AvgIpc) is 3.29. The number of hydrogen-bond donors (Lipinski definition) is 1. The van der Waals surface area contributed by atoms with E-state index in [1.807, 2.05) is 55.8 Å². The number of carbonyl (C=O) groups is 1. The molecular formula is C25H22N4O2S2. The Labute approximate surface area is 199 Å². The molecule has 1 aromatic carbocycles. The van der Waals surface area contributed by atoms with Crippen LogP contribution in [0.25, 0.3) is 5.69 Å². The summed E-state index contributed by atoms with van der Waals surface area (Å²) in [5, 5.41) is 5.67. The molecule has 0 radical (unpaired) electrons. The summed E-state index contributed by atoms with van der Waals surface area (Å²) in [4.78, 5) is 36.3. The van der Waals surface area contributed by atoms with Crippen LogP contribution in [0.2, 0.25) is 0 Å². The van der Waals surface area contributed by atoms with E-state index in [9.17, 15) is 9.59 Å². The van der Waals surface area contributed by atoms with Crippen molar-refractivity contribution in [2.45, 2.75) is 36.5 Å². The van der Waals surface area contributed by atoms with Crippen molar-refractivity contribution in [2.24, 2.45) is 0 Å². The van der Waals surface area contributed by atoms with Crippen molar-refractivity contribution in [1.82, 2.24) is 19.9 Å². The highest BCUT2D eigenvalue weighted by Crippen LogP contribution is 2.44. The van der Waals surface area contributed by atoms with Gasteiger partial charge in [-0.2, -0.15) is 0 Å². The van der Waals surface area contributed by atoms with Gasteiger partial charge < -0.3 is 9.88 Å². The summed E-state index contributed by atoms with van der Waals surface area (Å²) in [6.45, 7) is 3.79. The first-order valence-electron chi connectivity index (χ1n) is 10.6. The first-order chi connectivity index (χ1) is 16.0. The Hall–Kier alpha value is -3.23. The second-order valence-corrected chi connectivity index (χ2v) is 10.1. The third kappa shape index (κ3) is 4.12. The molecule has 0 saturated carbocycles. The summed E-state index contributed by atoms with van der Waals surface area (Å²) in [5.74, 6) is -0.374. The van der Waals surface area contributed by atoms with Crippen molar-refractivity contribution in [3.63, 3.8) is 0 Å². The minimum atomic E-state index is -0.374. The maximum atomic E-state index is 13.5. The quantitative estimate of drug-likeness (QED) is 0.456. The Balaban J connectivity index is 1.66. The SMILES string of the molecule is Cc1cc(=O)c(C(=O)NC(C)c2nccs2)c2n1-c1ccccc1SC(c1cccnc1)C2. The standard InChI is InChI=1S/C25H22N4O2S2/c1-15-12-20(30)23(24(31)28-16(2)25-27-10-11-32-25)19-13-22(17-6-5-9-26-14-17)33-21-8-4-3-7-18(21)29(15)19/h3-12,14,16,22H,13H2,1-2H3,(H,28,31). The number of hydrogen-bond acceptors (Lipinski definition) is 6. The van der Waals surface area contributed by atoms with Crippen LogP contribution in [0.5, 0.6) is 0 Å². The molecule has 2 unspecified atom stereocenters. The summed E-state index contributed by atoms with van der Waals surface area (Å²) in [7, 11) is 0. The van der Waals surface area contributed by atoms with Crippen LogP contribution in [-0.2, 0) is 6.42 Å². The molecule has 3 aromatic heterocycles. The highest BCUT2D eigenvalue weighted by molar-refractivity contribution is 7.99. The van der Waals surface area contributed by atoms with Crippen molar-refractivity contribution < 1.29 is 4.79 Å². The Morgan fingerprint density at radius 1 is 1.21 bits per heavy atom. The van der Waals surface area contributed by atoms with Gasteiger partial charge in [0.05, 0.1) is 11.7 Å². The number of rotatable bonds is 4. The van der Waals surface area contributed by atoms with E-state index in [2.05, 4.69) is 25.9 Å². The number of thioether (sulfide) groups is 1. The molecule has 0 saturated heterocycles. The van der Waals surface area contributed by atoms with Crippen molar-refractivity contribution >= 4 is 29.0 Å². The summed E-state index contributed by atoms with van der Waals surface area (Å²) < 4.78 is 2.06. The molecule has 0 fully saturated rings. The molecule has 0 bridgehead atoms. The highest BCUT2D eigenvalue weighted by atomic mass is 32.2. The van der Waals surface area contributed by atoms with Gasteiger partial charge in [0.1, 0.15) is 10.6 Å². The number of fused-ring (bicyclic) bond motifs is 3. The molecule has 33 heavy (non-hydrogen) atoms. The number of para-hydroxylation sites is 1. The number of nitrogens with one attached hydrogen (secondary N) is 1. The summed E-state index contributed by atoms with van der Waals surface area (Å²) in [5.41, 5.74) is 3.48. The minimum absolute atomic E-state index is 0.0118. The van der Waals surface area contributed by atoms with Crippen LogP contribution in [0.3, 0.4) is 0 Å². The number of pyridine rings is 2. The Morgan fingerprint density at radius 2 is 2.06 bits per heavy atom. The van der Waals surface area contributed by atoms with Crippen LogP contribution in [0.4, 0.5) is 0 Å². The van der Waals surface area contributed by atoms with Gasteiger partial charge in [0.15, 0.2) is 5.43 Å². The number of nitrogens with zero attached hydrogens (tertiary/aromatic N) is 3. The van der Waals surface area contributed by atoms with Gasteiger partial charge in [-0.15, -0.1) is 23.1 Å². The summed E-state index contributed by atoms with van der Waals surface area (Å²) >= 11 is 3.21. The lowest BCUT2D eigenvalue weighted by atomic mass is 10.0. The lowest BCUT2D eigenvalue weighted by molar-refractivity contribution is 0.0937. The predicted molar refractivity (Wildman–Crippen MR) is 131 cm³/mol. The van der Waals surface area contributed by atoms with E-state index in [4.69, 9.17) is 0 Å². The van der Waals surface area contributed by atoms with E-state index in [0.29, 0.717) is 6.42 Å². The van der Waals surface area contributed by atoms with Gasteiger partial charge in [-0.1, -0.05) is 18.2 Å². The Bertz CT molecular complexity index is 1370. The zero-order valence-corrected chi connectivity index (χ0v) is 19.8. The largest absolute Gasteiger partial charge is 0.343 e. The molecule has 1 aliphatic heterocycles. The van der Waals surface area contributed by atoms with Crippen molar-refractivity contribution in [2.75, 3.05) is 0 Å². The molecule has 2 atom stereocenters. The zero-order valence-electron chi connectivity index (χ0n) is 18.2. The third-order valence-electron chi connectivity index (χ3n) is 5.70. The molecule has 166 valence electrons. The van der Waals surface area contributed by atoms with Crippen LogP contribution in [-0.4, -0.2) is 20.4 Å². The highest BCUT2D eigenvalue weighted by Gasteiger charge is 2.29. The molecule has 1 amide bonds. The first kappa shape index (κ1) is 21.6. The molecule has 1 N–H and O–H groups in total. The van der Waals surface area contributed by atoms with Gasteiger partial charge >= 0.3 is 0 Å². The summed E-state index contributed by atoms with van der Waals surface area (Å²) in [6, 6.07) is 13.3. The second kappa shape index (κ2) is 8.96. The molecule has 1 aliphatic rings. The fourth-order valence-electron chi connectivity index (χ4n) is 4.21. The van der Waals surface area contributed by atoms with E-state index in [0.717, 1.165) is 32.5 Å². The lowest BCUT2D eigenvalue weighted by Crippen LogP contribution is -2.34. The second-order valence-electron chi connectivity index (χ2n) is 7.94. The van der Waals surface area contributed by atoms with Gasteiger partial charge in [0, 0.05) is 58.0 Å². The number of thiazole rings is 1. The average molecular weight is 475 g/mol. The van der Waals surface area contributed by atoms with Crippen LogP contribution in [0.15, 0.2) is 76.1 Å². The van der Waals surface area contributed by atoms with E-state index in [-0.39, 0.29) is 28.2 Å². The van der Waals surface area contributed by atoms with E-state index in [1.165, 1.54) is 11.3 Å². The summed E-state index contributed by atoms with van der Waals surface area (Å²) in [6.07, 6.45) is 5.84. The maximum absolute atomic E-state index is 13.5. The van der Waals surface area contributed by atoms with Crippen LogP contribution in [0.1, 0.15) is 50.5 Å². The number of aromatic nitrogens is 3. The molecule has 0 aliphatic carbocycles. The molecule has 5 rings (SSSR count). The minimum Gasteiger partial charge on any atom is -0.343 e. The van der Waals surface area contributed by atoms with Crippen molar-refractivity contribution in [3.05, 3.63) is 104 Å². The third-order valence-corrected chi connectivity index (χ3v) is 7.99. The normalized spacial score (nSPS) is 15.8. The molecule has 0 spiro atoms. The number of aryl methyl sites for hydroxylation is 1. The molecule has 4 heterocycles. The topological polar surface area (TPSA) is 76.9 Å². The van der Waals surface area contributed by atoms with Crippen molar-refractivity contribution in [3.8, 4) is 5.69 Å². The lowest BCUT2D eigenvalue weighted by Gasteiger charge is -2.21. The van der Waals surface area contributed by atoms with Crippen LogP contribution >= 0.6 is 23.1 Å². The van der Waals surface area contributed by atoms with Crippen molar-refractivity contribution in [1.29, 1.82) is 0 Å². The molecule has 8 heteroatoms. The van der Waals surface area contributed by atoms with Gasteiger partial charge in [0.2, 0.25) is 0 Å².